The van der Waals surface area contributed by atoms with Gasteiger partial charge in [-0.25, -0.2) is 4.98 Å². The van der Waals surface area contributed by atoms with Crippen LogP contribution in [0.5, 0.6) is 0 Å². The maximum Gasteiger partial charge on any atom is 0.417 e. The summed E-state index contributed by atoms with van der Waals surface area (Å²) in [5, 5.41) is 2.97. The van der Waals surface area contributed by atoms with Crippen molar-refractivity contribution in [1.82, 2.24) is 9.88 Å². The highest BCUT2D eigenvalue weighted by Crippen LogP contribution is 2.34. The third kappa shape index (κ3) is 6.16. The molecule has 0 saturated carbocycles. The van der Waals surface area contributed by atoms with Crippen molar-refractivity contribution >= 4 is 29.0 Å². The lowest BCUT2D eigenvalue weighted by molar-refractivity contribution is -0.137. The molecule has 0 aliphatic carbocycles. The van der Waals surface area contributed by atoms with Crippen LogP contribution in [0.25, 0.3) is 0 Å². The summed E-state index contributed by atoms with van der Waals surface area (Å²) in [5.74, 6) is 0.0846. The first-order valence-corrected chi connectivity index (χ1v) is 11.3. The van der Waals surface area contributed by atoms with Gasteiger partial charge in [0.05, 0.1) is 23.8 Å². The third-order valence-electron chi connectivity index (χ3n) is 6.02. The minimum atomic E-state index is -4.49. The second kappa shape index (κ2) is 10.3. The zero-order chi connectivity index (χ0) is 23.4. The van der Waals surface area contributed by atoms with Gasteiger partial charge in [-0.2, -0.15) is 13.2 Å². The highest BCUT2D eigenvalue weighted by Gasteiger charge is 2.33. The van der Waals surface area contributed by atoms with Crippen LogP contribution in [0.15, 0.2) is 36.5 Å². The molecule has 2 saturated heterocycles. The Morgan fingerprint density at radius 3 is 2.55 bits per heavy atom. The van der Waals surface area contributed by atoms with E-state index in [1.165, 1.54) is 0 Å². The summed E-state index contributed by atoms with van der Waals surface area (Å²) in [6.07, 6.45) is -2.56. The zero-order valence-electron chi connectivity index (χ0n) is 18.1. The number of nitrogens with one attached hydrogen (secondary N) is 1. The number of aromatic nitrogens is 1. The van der Waals surface area contributed by atoms with E-state index in [4.69, 9.17) is 16.3 Å². The molecule has 1 aromatic carbocycles. The Labute approximate surface area is 195 Å². The Kier molecular flexibility index (Phi) is 7.41. The number of halogens is 4. The van der Waals surface area contributed by atoms with Crippen molar-refractivity contribution in [2.24, 2.45) is 5.92 Å². The number of hydrogen-bond acceptors (Lipinski definition) is 5. The van der Waals surface area contributed by atoms with E-state index in [0.29, 0.717) is 31.7 Å². The van der Waals surface area contributed by atoms with Gasteiger partial charge in [-0.1, -0.05) is 23.7 Å². The van der Waals surface area contributed by atoms with Gasteiger partial charge in [-0.15, -0.1) is 0 Å². The number of carbonyl (C=O) groups excluding carboxylic acids is 1. The van der Waals surface area contributed by atoms with Crippen molar-refractivity contribution in [1.29, 1.82) is 0 Å². The number of nitrogens with zero attached hydrogens (tertiary/aromatic N) is 3. The molecule has 0 spiro atoms. The van der Waals surface area contributed by atoms with E-state index in [-0.39, 0.29) is 16.8 Å². The van der Waals surface area contributed by atoms with E-state index >= 15 is 0 Å². The molecule has 10 heteroatoms. The fourth-order valence-corrected chi connectivity index (χ4v) is 4.47. The lowest BCUT2D eigenvalue weighted by atomic mass is 9.95. The van der Waals surface area contributed by atoms with Crippen LogP contribution in [-0.4, -0.2) is 55.2 Å². The van der Waals surface area contributed by atoms with Crippen LogP contribution in [0.4, 0.5) is 24.7 Å². The maximum atomic E-state index is 12.8. The Morgan fingerprint density at radius 1 is 1.15 bits per heavy atom. The number of ether oxygens (including phenoxy) is 1. The molecule has 2 fully saturated rings. The molecule has 0 atom stereocenters. The normalized spacial score (nSPS) is 18.4. The molecule has 0 radical (unpaired) electrons. The molecule has 33 heavy (non-hydrogen) atoms. The molecular formula is C23H26ClF3N4O2. The molecule has 3 heterocycles. The molecule has 178 valence electrons. The van der Waals surface area contributed by atoms with Crippen LogP contribution >= 0.6 is 11.6 Å². The summed E-state index contributed by atoms with van der Waals surface area (Å²) in [7, 11) is 0. The van der Waals surface area contributed by atoms with Crippen molar-refractivity contribution in [3.05, 3.63) is 52.7 Å². The van der Waals surface area contributed by atoms with Crippen LogP contribution in [0.2, 0.25) is 5.02 Å². The van der Waals surface area contributed by atoms with Crippen LogP contribution in [-0.2, 0) is 22.3 Å². The highest BCUT2D eigenvalue weighted by molar-refractivity contribution is 6.33. The Hall–Kier alpha value is -2.36. The van der Waals surface area contributed by atoms with E-state index in [1.807, 2.05) is 29.2 Å². The minimum Gasteiger partial charge on any atom is -0.379 e. The summed E-state index contributed by atoms with van der Waals surface area (Å²) in [4.78, 5) is 20.9. The van der Waals surface area contributed by atoms with E-state index in [9.17, 15) is 18.0 Å². The number of carbonyl (C=O) groups is 1. The fourth-order valence-electron chi connectivity index (χ4n) is 4.18. The topological polar surface area (TPSA) is 57.7 Å². The SMILES string of the molecule is O=C(Nc1cccc(CN2CCOCC2)c1)C1CCN(c2ncc(C(F)(F)F)cc2Cl)CC1. The van der Waals surface area contributed by atoms with Crippen molar-refractivity contribution in [2.75, 3.05) is 49.6 Å². The van der Waals surface area contributed by atoms with Gasteiger partial charge in [-0.05, 0) is 36.6 Å². The Morgan fingerprint density at radius 2 is 1.88 bits per heavy atom. The smallest absolute Gasteiger partial charge is 0.379 e. The molecule has 1 aromatic heterocycles. The second-order valence-corrected chi connectivity index (χ2v) is 8.77. The van der Waals surface area contributed by atoms with E-state index in [2.05, 4.69) is 15.2 Å². The van der Waals surface area contributed by atoms with Crippen molar-refractivity contribution in [2.45, 2.75) is 25.6 Å². The lowest BCUT2D eigenvalue weighted by Crippen LogP contribution is -2.38. The Balaban J connectivity index is 1.31. The molecule has 1 amide bonds. The van der Waals surface area contributed by atoms with Gasteiger partial charge in [0.25, 0.3) is 0 Å². The van der Waals surface area contributed by atoms with Gasteiger partial charge in [0.15, 0.2) is 0 Å². The van der Waals surface area contributed by atoms with Crippen LogP contribution in [0, 0.1) is 5.92 Å². The summed E-state index contributed by atoms with van der Waals surface area (Å²) in [5.41, 5.74) is 1.02. The number of rotatable bonds is 5. The van der Waals surface area contributed by atoms with Crippen molar-refractivity contribution in [3.8, 4) is 0 Å². The monoisotopic (exact) mass is 482 g/mol. The minimum absolute atomic E-state index is 0.0372. The molecular weight excluding hydrogens is 457 g/mol. The van der Waals surface area contributed by atoms with E-state index < -0.39 is 11.7 Å². The standard InChI is InChI=1S/C23H26ClF3N4O2/c24-20-13-18(23(25,26)27)14-28-21(20)31-6-4-17(5-7-31)22(32)29-19-3-1-2-16(12-19)15-30-8-10-33-11-9-30/h1-3,12-14,17H,4-11,15H2,(H,29,32). The number of hydrogen-bond donors (Lipinski definition) is 1. The molecule has 1 N–H and O–H groups in total. The van der Waals surface area contributed by atoms with Crippen LogP contribution < -0.4 is 10.2 Å². The second-order valence-electron chi connectivity index (χ2n) is 8.37. The predicted octanol–water partition coefficient (Wildman–Crippen LogP) is 4.44. The average molecular weight is 483 g/mol. The summed E-state index contributed by atoms with van der Waals surface area (Å²) < 4.78 is 43.9. The first-order valence-electron chi connectivity index (χ1n) is 11.0. The van der Waals surface area contributed by atoms with E-state index in [1.54, 1.807) is 0 Å². The summed E-state index contributed by atoms with van der Waals surface area (Å²) in [6, 6.07) is 8.75. The largest absolute Gasteiger partial charge is 0.417 e. The average Bonchev–Trinajstić information content (AvgIpc) is 2.79. The first-order chi connectivity index (χ1) is 15.8. The molecule has 4 rings (SSSR count). The van der Waals surface area contributed by atoms with Gasteiger partial charge in [0, 0.05) is 50.5 Å². The van der Waals surface area contributed by atoms with Crippen molar-refractivity contribution in [3.63, 3.8) is 0 Å². The van der Waals surface area contributed by atoms with Crippen molar-refractivity contribution < 1.29 is 22.7 Å². The number of anilines is 2. The van der Waals surface area contributed by atoms with E-state index in [0.717, 1.165) is 56.4 Å². The zero-order valence-corrected chi connectivity index (χ0v) is 18.8. The van der Waals surface area contributed by atoms with Crippen LogP contribution in [0.1, 0.15) is 24.0 Å². The molecule has 0 unspecified atom stereocenters. The van der Waals surface area contributed by atoms with Gasteiger partial charge in [-0.3, -0.25) is 9.69 Å². The quantitative estimate of drug-likeness (QED) is 0.682. The van der Waals surface area contributed by atoms with Gasteiger partial charge < -0.3 is 15.0 Å². The first kappa shape index (κ1) is 23.8. The fraction of sp³-hybridized carbons (Fsp3) is 0.478. The lowest BCUT2D eigenvalue weighted by Gasteiger charge is -2.32. The molecule has 2 aromatic rings. The highest BCUT2D eigenvalue weighted by atomic mass is 35.5. The number of amides is 1. The third-order valence-corrected chi connectivity index (χ3v) is 6.30. The number of pyridine rings is 1. The van der Waals surface area contributed by atoms with Crippen LogP contribution in [0.3, 0.4) is 0 Å². The van der Waals surface area contributed by atoms with Gasteiger partial charge >= 0.3 is 6.18 Å². The molecule has 0 bridgehead atoms. The number of piperidine rings is 1. The molecule has 2 aliphatic rings. The van der Waals surface area contributed by atoms with Gasteiger partial charge in [0.2, 0.25) is 5.91 Å². The molecule has 2 aliphatic heterocycles. The number of morpholine rings is 1. The number of alkyl halides is 3. The van der Waals surface area contributed by atoms with Gasteiger partial charge in [0.1, 0.15) is 5.82 Å². The summed E-state index contributed by atoms with van der Waals surface area (Å²) >= 11 is 6.07. The number of benzene rings is 1. The maximum absolute atomic E-state index is 12.8. The molecule has 6 nitrogen and oxygen atoms in total. The Bertz CT molecular complexity index is 974. The predicted molar refractivity (Wildman–Crippen MR) is 120 cm³/mol. The summed E-state index contributed by atoms with van der Waals surface area (Å²) in [6.45, 7) is 5.07.